The van der Waals surface area contributed by atoms with Crippen molar-refractivity contribution in [2.45, 2.75) is 52.1 Å². The lowest BCUT2D eigenvalue weighted by Crippen LogP contribution is -2.41. The number of nitrogens with two attached hydrogens (primary N) is 1. The zero-order chi connectivity index (χ0) is 14.5. The molecule has 0 aromatic heterocycles. The smallest absolute Gasteiger partial charge is 0.254 e. The summed E-state index contributed by atoms with van der Waals surface area (Å²) in [5.41, 5.74) is 7.46. The second kappa shape index (κ2) is 6.89. The van der Waals surface area contributed by atoms with Gasteiger partial charge >= 0.3 is 0 Å². The summed E-state index contributed by atoms with van der Waals surface area (Å²) in [4.78, 5) is 14.9. The van der Waals surface area contributed by atoms with Crippen LogP contribution in [0.4, 0.5) is 0 Å². The van der Waals surface area contributed by atoms with E-state index in [1.807, 2.05) is 24.3 Å². The number of carbonyl (C=O) groups is 1. The summed E-state index contributed by atoms with van der Waals surface area (Å²) in [5.74, 6) is 0.678. The molecule has 1 amide bonds. The first-order valence-corrected chi connectivity index (χ1v) is 7.71. The summed E-state index contributed by atoms with van der Waals surface area (Å²) in [6.45, 7) is 5.72. The normalized spacial score (nSPS) is 15.8. The van der Waals surface area contributed by atoms with Crippen molar-refractivity contribution in [3.63, 3.8) is 0 Å². The Bertz CT molecular complexity index is 433. The molecule has 0 spiro atoms. The van der Waals surface area contributed by atoms with Gasteiger partial charge < -0.3 is 10.6 Å². The van der Waals surface area contributed by atoms with Gasteiger partial charge in [0.15, 0.2) is 0 Å². The highest BCUT2D eigenvalue weighted by Crippen LogP contribution is 2.25. The van der Waals surface area contributed by atoms with E-state index < -0.39 is 0 Å². The van der Waals surface area contributed by atoms with Crippen molar-refractivity contribution < 1.29 is 4.79 Å². The van der Waals surface area contributed by atoms with E-state index in [4.69, 9.17) is 5.73 Å². The number of benzene rings is 1. The summed E-state index contributed by atoms with van der Waals surface area (Å²) in [6.07, 6.45) is 4.80. The SMILES string of the molecule is CC(C)CN(C(=O)c1ccc(CN)cc1)C1CCCC1. The molecule has 0 saturated heterocycles. The van der Waals surface area contributed by atoms with Crippen LogP contribution in [0.25, 0.3) is 0 Å². The molecule has 1 aliphatic carbocycles. The Labute approximate surface area is 122 Å². The molecule has 2 rings (SSSR count). The van der Waals surface area contributed by atoms with Gasteiger partial charge in [-0.05, 0) is 36.5 Å². The molecule has 0 atom stereocenters. The highest BCUT2D eigenvalue weighted by molar-refractivity contribution is 5.94. The molecule has 3 heteroatoms. The third-order valence-electron chi connectivity index (χ3n) is 4.02. The standard InChI is InChI=1S/C17H26N2O/c1-13(2)12-19(16-5-3-4-6-16)17(20)15-9-7-14(11-18)8-10-15/h7-10,13,16H,3-6,11-12,18H2,1-2H3. The Morgan fingerprint density at radius 3 is 2.35 bits per heavy atom. The summed E-state index contributed by atoms with van der Waals surface area (Å²) >= 11 is 0. The van der Waals surface area contributed by atoms with Gasteiger partial charge in [0.2, 0.25) is 0 Å². The number of carbonyl (C=O) groups excluding carboxylic acids is 1. The summed E-state index contributed by atoms with van der Waals surface area (Å²) < 4.78 is 0. The third-order valence-corrected chi connectivity index (χ3v) is 4.02. The maximum atomic E-state index is 12.8. The predicted octanol–water partition coefficient (Wildman–Crippen LogP) is 3.19. The van der Waals surface area contributed by atoms with E-state index in [2.05, 4.69) is 18.7 Å². The monoisotopic (exact) mass is 274 g/mol. The maximum absolute atomic E-state index is 12.8. The predicted molar refractivity (Wildman–Crippen MR) is 82.5 cm³/mol. The van der Waals surface area contributed by atoms with E-state index >= 15 is 0 Å². The van der Waals surface area contributed by atoms with Gasteiger partial charge in [-0.3, -0.25) is 4.79 Å². The van der Waals surface area contributed by atoms with Crippen molar-refractivity contribution in [3.05, 3.63) is 35.4 Å². The van der Waals surface area contributed by atoms with Crippen LogP contribution in [0.15, 0.2) is 24.3 Å². The average Bonchev–Trinajstić information content (AvgIpc) is 2.98. The summed E-state index contributed by atoms with van der Waals surface area (Å²) in [7, 11) is 0. The van der Waals surface area contributed by atoms with Gasteiger partial charge in [-0.25, -0.2) is 0 Å². The number of hydrogen-bond acceptors (Lipinski definition) is 2. The Hall–Kier alpha value is -1.35. The Morgan fingerprint density at radius 2 is 1.85 bits per heavy atom. The van der Waals surface area contributed by atoms with Crippen molar-refractivity contribution in [1.82, 2.24) is 4.90 Å². The van der Waals surface area contributed by atoms with E-state index in [1.165, 1.54) is 12.8 Å². The van der Waals surface area contributed by atoms with Crippen LogP contribution in [0.1, 0.15) is 55.5 Å². The van der Waals surface area contributed by atoms with Crippen molar-refractivity contribution in [1.29, 1.82) is 0 Å². The molecule has 20 heavy (non-hydrogen) atoms. The Morgan fingerprint density at radius 1 is 1.25 bits per heavy atom. The molecule has 0 aliphatic heterocycles. The second-order valence-corrected chi connectivity index (χ2v) is 6.19. The topological polar surface area (TPSA) is 46.3 Å². The molecule has 0 unspecified atom stereocenters. The minimum Gasteiger partial charge on any atom is -0.335 e. The molecule has 1 aromatic carbocycles. The molecule has 110 valence electrons. The molecule has 3 nitrogen and oxygen atoms in total. The van der Waals surface area contributed by atoms with Gasteiger partial charge in [0.1, 0.15) is 0 Å². The van der Waals surface area contributed by atoms with Gasteiger partial charge in [0.25, 0.3) is 5.91 Å². The van der Waals surface area contributed by atoms with Crippen LogP contribution in [0.2, 0.25) is 0 Å². The highest BCUT2D eigenvalue weighted by Gasteiger charge is 2.27. The summed E-state index contributed by atoms with van der Waals surface area (Å²) in [5, 5.41) is 0. The molecule has 0 bridgehead atoms. The van der Waals surface area contributed by atoms with Gasteiger partial charge in [-0.15, -0.1) is 0 Å². The zero-order valence-corrected chi connectivity index (χ0v) is 12.6. The highest BCUT2D eigenvalue weighted by atomic mass is 16.2. The first-order chi connectivity index (χ1) is 9.61. The molecule has 2 N–H and O–H groups in total. The Balaban J connectivity index is 2.15. The van der Waals surface area contributed by atoms with Gasteiger partial charge in [0.05, 0.1) is 0 Å². The molecule has 1 aromatic rings. The molecule has 0 heterocycles. The van der Waals surface area contributed by atoms with Gasteiger partial charge in [-0.2, -0.15) is 0 Å². The number of hydrogen-bond donors (Lipinski definition) is 1. The zero-order valence-electron chi connectivity index (χ0n) is 12.6. The van der Waals surface area contributed by atoms with E-state index in [0.717, 1.165) is 30.5 Å². The molecular formula is C17H26N2O. The molecule has 1 aliphatic rings. The minimum atomic E-state index is 0.175. The summed E-state index contributed by atoms with van der Waals surface area (Å²) in [6, 6.07) is 8.16. The average molecular weight is 274 g/mol. The quantitative estimate of drug-likeness (QED) is 0.896. The maximum Gasteiger partial charge on any atom is 0.254 e. The van der Waals surface area contributed by atoms with Crippen molar-refractivity contribution in [2.24, 2.45) is 11.7 Å². The number of rotatable bonds is 5. The minimum absolute atomic E-state index is 0.175. The molecular weight excluding hydrogens is 248 g/mol. The van der Waals surface area contributed by atoms with E-state index in [1.54, 1.807) is 0 Å². The largest absolute Gasteiger partial charge is 0.335 e. The molecule has 0 radical (unpaired) electrons. The van der Waals surface area contributed by atoms with E-state index in [0.29, 0.717) is 18.5 Å². The third kappa shape index (κ3) is 3.60. The second-order valence-electron chi connectivity index (χ2n) is 6.19. The van der Waals surface area contributed by atoms with Crippen molar-refractivity contribution in [2.75, 3.05) is 6.54 Å². The lowest BCUT2D eigenvalue weighted by molar-refractivity contribution is 0.0655. The fourth-order valence-electron chi connectivity index (χ4n) is 2.96. The van der Waals surface area contributed by atoms with Crippen molar-refractivity contribution >= 4 is 5.91 Å². The van der Waals surface area contributed by atoms with Crippen LogP contribution in [-0.4, -0.2) is 23.4 Å². The lowest BCUT2D eigenvalue weighted by atomic mass is 10.1. The van der Waals surface area contributed by atoms with Crippen LogP contribution in [0.3, 0.4) is 0 Å². The first-order valence-electron chi connectivity index (χ1n) is 7.71. The lowest BCUT2D eigenvalue weighted by Gasteiger charge is -2.30. The van der Waals surface area contributed by atoms with Crippen LogP contribution >= 0.6 is 0 Å². The molecule has 1 saturated carbocycles. The first kappa shape index (κ1) is 15.0. The van der Waals surface area contributed by atoms with E-state index in [-0.39, 0.29) is 5.91 Å². The van der Waals surface area contributed by atoms with Crippen LogP contribution in [-0.2, 0) is 6.54 Å². The number of nitrogens with zero attached hydrogens (tertiary/aromatic N) is 1. The van der Waals surface area contributed by atoms with E-state index in [9.17, 15) is 4.79 Å². The van der Waals surface area contributed by atoms with Crippen LogP contribution in [0.5, 0.6) is 0 Å². The molecule has 1 fully saturated rings. The Kier molecular flexibility index (Phi) is 5.18. The fraction of sp³-hybridized carbons (Fsp3) is 0.588. The fourth-order valence-corrected chi connectivity index (χ4v) is 2.96. The van der Waals surface area contributed by atoms with Gasteiger partial charge in [0, 0.05) is 24.7 Å². The number of amides is 1. The van der Waals surface area contributed by atoms with Crippen LogP contribution < -0.4 is 5.73 Å². The van der Waals surface area contributed by atoms with Crippen LogP contribution in [0, 0.1) is 5.92 Å². The van der Waals surface area contributed by atoms with Gasteiger partial charge in [-0.1, -0.05) is 38.8 Å². The van der Waals surface area contributed by atoms with Crippen molar-refractivity contribution in [3.8, 4) is 0 Å².